The van der Waals surface area contributed by atoms with Crippen LogP contribution in [0.3, 0.4) is 0 Å². The summed E-state index contributed by atoms with van der Waals surface area (Å²) in [6, 6.07) is 0. The summed E-state index contributed by atoms with van der Waals surface area (Å²) in [7, 11) is -8.55. The molecule has 0 aromatic rings. The molecule has 0 saturated heterocycles. The predicted molar refractivity (Wildman–Crippen MR) is 74.1 cm³/mol. The number of hydrogen-bond acceptors (Lipinski definition) is 6. The van der Waals surface area contributed by atoms with Gasteiger partial charge in [-0.1, -0.05) is 12.8 Å². The average Bonchev–Trinajstić information content (AvgIpc) is 2.22. The molecule has 120 valence electrons. The second kappa shape index (κ2) is 6.24. The zero-order chi connectivity index (χ0) is 15.6. The lowest BCUT2D eigenvalue weighted by atomic mass is 9.77. The minimum atomic E-state index is -4.39. The van der Waals surface area contributed by atoms with Crippen LogP contribution in [-0.2, 0) is 20.2 Å². The molecule has 20 heavy (non-hydrogen) atoms. The van der Waals surface area contributed by atoms with Crippen molar-refractivity contribution < 1.29 is 25.9 Å². The molecule has 1 saturated carbocycles. The van der Waals surface area contributed by atoms with Crippen LogP contribution in [0, 0.1) is 5.92 Å². The minimum absolute atomic E-state index is 0.0874. The Labute approximate surface area is 119 Å². The second-order valence-corrected chi connectivity index (χ2v) is 8.65. The Balaban J connectivity index is 2.85. The third-order valence-corrected chi connectivity index (χ3v) is 5.92. The normalized spacial score (nSPS) is 25.3. The fraction of sp³-hybridized carbons (Fsp3) is 1.00. The quantitative estimate of drug-likeness (QED) is 0.382. The van der Waals surface area contributed by atoms with E-state index in [1.807, 2.05) is 0 Å². The van der Waals surface area contributed by atoms with Crippen molar-refractivity contribution in [2.45, 2.75) is 49.4 Å². The molecule has 1 aliphatic carbocycles. The molecule has 0 amide bonds. The van der Waals surface area contributed by atoms with E-state index in [0.717, 1.165) is 12.8 Å². The third kappa shape index (κ3) is 5.26. The van der Waals surface area contributed by atoms with E-state index < -0.39 is 42.8 Å². The van der Waals surface area contributed by atoms with Gasteiger partial charge in [-0.2, -0.15) is 16.8 Å². The van der Waals surface area contributed by atoms with Crippen LogP contribution in [0.5, 0.6) is 0 Å². The monoisotopic (exact) mass is 330 g/mol. The van der Waals surface area contributed by atoms with Gasteiger partial charge >= 0.3 is 0 Å². The fourth-order valence-corrected chi connectivity index (χ4v) is 4.61. The van der Waals surface area contributed by atoms with Crippen LogP contribution in [-0.4, -0.2) is 42.6 Å². The lowest BCUT2D eigenvalue weighted by molar-refractivity contribution is 0.179. The Kier molecular flexibility index (Phi) is 5.55. The first-order valence-electron chi connectivity index (χ1n) is 6.43. The van der Waals surface area contributed by atoms with Gasteiger partial charge in [0.1, 0.15) is 0 Å². The first-order chi connectivity index (χ1) is 8.93. The fourth-order valence-electron chi connectivity index (χ4n) is 2.81. The Hall–Kier alpha value is -0.260. The van der Waals surface area contributed by atoms with Crippen LogP contribution in [0.2, 0.25) is 0 Å². The molecule has 0 radical (unpaired) electrons. The number of nitrogens with two attached hydrogens (primary N) is 2. The number of hydrogen-bond donors (Lipinski definition) is 4. The summed E-state index contributed by atoms with van der Waals surface area (Å²) in [6.07, 6.45) is 2.25. The van der Waals surface area contributed by atoms with E-state index in [0.29, 0.717) is 12.8 Å². The summed E-state index contributed by atoms with van der Waals surface area (Å²) < 4.78 is 62.3. The predicted octanol–water partition coefficient (Wildman–Crippen LogP) is -0.285. The van der Waals surface area contributed by atoms with Crippen molar-refractivity contribution in [2.75, 3.05) is 5.75 Å². The molecule has 0 bridgehead atoms. The van der Waals surface area contributed by atoms with Gasteiger partial charge in [-0.25, -0.2) is 0 Å². The van der Waals surface area contributed by atoms with Gasteiger partial charge in [-0.3, -0.25) is 9.11 Å². The van der Waals surface area contributed by atoms with Crippen molar-refractivity contribution in [1.82, 2.24) is 0 Å². The largest absolute Gasteiger partial charge is 0.313 e. The maximum Gasteiger partial charge on any atom is 0.268 e. The van der Waals surface area contributed by atoms with Crippen molar-refractivity contribution >= 4 is 20.2 Å². The maximum atomic E-state index is 11.5. The van der Waals surface area contributed by atoms with Gasteiger partial charge in [0.05, 0.1) is 16.7 Å². The van der Waals surface area contributed by atoms with Crippen LogP contribution in [0.1, 0.15) is 38.5 Å². The van der Waals surface area contributed by atoms with E-state index in [1.165, 1.54) is 0 Å². The van der Waals surface area contributed by atoms with E-state index in [1.54, 1.807) is 0 Å². The Morgan fingerprint density at radius 3 is 2.20 bits per heavy atom. The molecular weight excluding hydrogens is 308 g/mol. The lowest BCUT2D eigenvalue weighted by Gasteiger charge is -2.41. The summed E-state index contributed by atoms with van der Waals surface area (Å²) in [5, 5.41) is -1.21. The Morgan fingerprint density at radius 2 is 1.75 bits per heavy atom. The van der Waals surface area contributed by atoms with E-state index in [2.05, 4.69) is 0 Å². The van der Waals surface area contributed by atoms with Crippen LogP contribution in [0.25, 0.3) is 0 Å². The van der Waals surface area contributed by atoms with Crippen molar-refractivity contribution in [3.63, 3.8) is 0 Å². The summed E-state index contributed by atoms with van der Waals surface area (Å²) in [6.45, 7) is 0. The highest BCUT2D eigenvalue weighted by Gasteiger charge is 2.43. The molecule has 1 fully saturated rings. The molecular formula is C10H22N2O6S2. The van der Waals surface area contributed by atoms with Crippen LogP contribution in [0.4, 0.5) is 0 Å². The molecule has 1 aliphatic rings. The van der Waals surface area contributed by atoms with E-state index in [4.69, 9.17) is 16.0 Å². The van der Waals surface area contributed by atoms with Crippen molar-refractivity contribution in [3.8, 4) is 0 Å². The van der Waals surface area contributed by atoms with E-state index >= 15 is 0 Å². The summed E-state index contributed by atoms with van der Waals surface area (Å²) in [5.41, 5.74) is 10.6. The van der Waals surface area contributed by atoms with Crippen molar-refractivity contribution in [1.29, 1.82) is 0 Å². The molecule has 6 N–H and O–H groups in total. The summed E-state index contributed by atoms with van der Waals surface area (Å²) >= 11 is 0. The van der Waals surface area contributed by atoms with E-state index in [9.17, 15) is 21.4 Å². The molecule has 0 spiro atoms. The molecule has 1 rings (SSSR count). The molecule has 0 aromatic carbocycles. The van der Waals surface area contributed by atoms with Crippen LogP contribution < -0.4 is 11.5 Å². The lowest BCUT2D eigenvalue weighted by Crippen LogP contribution is -2.61. The second-order valence-electron chi connectivity index (χ2n) is 5.45. The van der Waals surface area contributed by atoms with Gasteiger partial charge in [-0.15, -0.1) is 0 Å². The smallest absolute Gasteiger partial charge is 0.268 e. The Bertz CT molecular complexity index is 528. The summed E-state index contributed by atoms with van der Waals surface area (Å²) in [5.74, 6) is -1.19. The minimum Gasteiger partial charge on any atom is -0.313 e. The first kappa shape index (κ1) is 17.8. The molecule has 2 unspecified atom stereocenters. The summed E-state index contributed by atoms with van der Waals surface area (Å²) in [4.78, 5) is 0. The van der Waals surface area contributed by atoms with Gasteiger partial charge in [0, 0.05) is 5.92 Å². The van der Waals surface area contributed by atoms with Gasteiger partial charge in [0.15, 0.2) is 0 Å². The van der Waals surface area contributed by atoms with Gasteiger partial charge in [0.2, 0.25) is 0 Å². The third-order valence-electron chi connectivity index (χ3n) is 3.79. The topological polar surface area (TPSA) is 161 Å². The highest BCUT2D eigenvalue weighted by Crippen LogP contribution is 2.35. The van der Waals surface area contributed by atoms with Crippen LogP contribution in [0.15, 0.2) is 0 Å². The molecule has 0 heterocycles. The molecule has 0 aliphatic heterocycles. The SMILES string of the molecule is NC1(N)CCCCC1C(CCCS(=O)(=O)O)S(=O)(=O)O. The van der Waals surface area contributed by atoms with Gasteiger partial charge < -0.3 is 11.5 Å². The molecule has 2 atom stereocenters. The zero-order valence-electron chi connectivity index (χ0n) is 11.1. The number of rotatable bonds is 6. The van der Waals surface area contributed by atoms with Gasteiger partial charge in [0.25, 0.3) is 20.2 Å². The average molecular weight is 330 g/mol. The standard InChI is InChI=1S/C10H22N2O6S2/c11-10(12)6-2-1-4-8(10)9(20(16,17)18)5-3-7-19(13,14)15/h8-9H,1-7,11-12H2,(H,13,14,15)(H,16,17,18). The molecule has 10 heteroatoms. The molecule has 0 aromatic heterocycles. The highest BCUT2D eigenvalue weighted by atomic mass is 32.2. The zero-order valence-corrected chi connectivity index (χ0v) is 12.7. The van der Waals surface area contributed by atoms with Crippen molar-refractivity contribution in [3.05, 3.63) is 0 Å². The van der Waals surface area contributed by atoms with Gasteiger partial charge in [-0.05, 0) is 25.7 Å². The maximum absolute atomic E-state index is 11.5. The van der Waals surface area contributed by atoms with E-state index in [-0.39, 0.29) is 12.8 Å². The Morgan fingerprint density at radius 1 is 1.15 bits per heavy atom. The highest BCUT2D eigenvalue weighted by molar-refractivity contribution is 7.86. The van der Waals surface area contributed by atoms with Crippen molar-refractivity contribution in [2.24, 2.45) is 17.4 Å². The first-order valence-corrected chi connectivity index (χ1v) is 9.54. The van der Waals surface area contributed by atoms with Crippen LogP contribution >= 0.6 is 0 Å². The molecule has 8 nitrogen and oxygen atoms in total.